The van der Waals surface area contributed by atoms with Crippen molar-refractivity contribution in [2.75, 3.05) is 16.5 Å². The minimum absolute atomic E-state index is 0.491. The van der Waals surface area contributed by atoms with Crippen molar-refractivity contribution in [3.63, 3.8) is 0 Å². The van der Waals surface area contributed by atoms with Crippen LogP contribution in [0, 0.1) is 0 Å². The van der Waals surface area contributed by atoms with Crippen molar-refractivity contribution in [3.8, 4) is 0 Å². The van der Waals surface area contributed by atoms with Gasteiger partial charge in [0.15, 0.2) is 0 Å². The second-order valence-electron chi connectivity index (χ2n) is 12.0. The van der Waals surface area contributed by atoms with Crippen molar-refractivity contribution in [1.82, 2.24) is 0 Å². The van der Waals surface area contributed by atoms with E-state index in [2.05, 4.69) is 127 Å². The van der Waals surface area contributed by atoms with Gasteiger partial charge in [-0.25, -0.2) is 0 Å². The lowest BCUT2D eigenvalue weighted by Crippen LogP contribution is -2.37. The topological polar surface area (TPSA) is 6.48 Å². The molecule has 2 aromatic carbocycles. The SMILES string of the molecule is CC(C)c1cccc(C(C)C)c1N1C=C([Si](C)(C)C)N(c2c(C(C)C)cccc2C(C)C)C1. The van der Waals surface area contributed by atoms with Crippen molar-refractivity contribution in [3.05, 3.63) is 70.2 Å². The summed E-state index contributed by atoms with van der Waals surface area (Å²) >= 11 is 0. The van der Waals surface area contributed by atoms with Crippen LogP contribution in [0.15, 0.2) is 47.9 Å². The highest BCUT2D eigenvalue weighted by molar-refractivity contribution is 6.83. The number of nitrogens with zero attached hydrogens (tertiary/aromatic N) is 2. The first-order valence-electron chi connectivity index (χ1n) is 12.9. The molecule has 1 aliphatic heterocycles. The van der Waals surface area contributed by atoms with Crippen LogP contribution in [0.25, 0.3) is 0 Å². The van der Waals surface area contributed by atoms with Gasteiger partial charge in [-0.3, -0.25) is 0 Å². The summed E-state index contributed by atoms with van der Waals surface area (Å²) in [6.07, 6.45) is 2.50. The van der Waals surface area contributed by atoms with Crippen molar-refractivity contribution in [2.24, 2.45) is 0 Å². The van der Waals surface area contributed by atoms with E-state index in [-0.39, 0.29) is 0 Å². The van der Waals surface area contributed by atoms with Gasteiger partial charge in [-0.05, 0) is 45.9 Å². The summed E-state index contributed by atoms with van der Waals surface area (Å²) in [7, 11) is -1.60. The lowest BCUT2D eigenvalue weighted by atomic mass is 9.91. The van der Waals surface area contributed by atoms with E-state index in [0.29, 0.717) is 23.7 Å². The summed E-state index contributed by atoms with van der Waals surface area (Å²) in [5.74, 6) is 1.96. The molecule has 0 aromatic heterocycles. The van der Waals surface area contributed by atoms with E-state index in [1.165, 1.54) is 38.9 Å². The average molecular weight is 463 g/mol. The molecule has 0 amide bonds. The molecule has 0 radical (unpaired) electrons. The standard InChI is InChI=1S/C30H46N2Si/c1-20(2)24-14-12-15-25(21(3)4)29(24)31-18-28(33(9,10)11)32(19-31)30-26(22(5)6)16-13-17-27(30)23(7)8/h12-18,20-23H,19H2,1-11H3. The molecule has 0 saturated carbocycles. The summed E-state index contributed by atoms with van der Waals surface area (Å²) in [5, 5.41) is 1.53. The van der Waals surface area contributed by atoms with Gasteiger partial charge in [0.25, 0.3) is 0 Å². The molecule has 1 aliphatic rings. The predicted molar refractivity (Wildman–Crippen MR) is 150 cm³/mol. The maximum atomic E-state index is 2.68. The molecule has 0 N–H and O–H groups in total. The zero-order valence-electron chi connectivity index (χ0n) is 23.0. The molecule has 0 saturated heterocycles. The molecule has 2 nitrogen and oxygen atoms in total. The van der Waals surface area contributed by atoms with Crippen LogP contribution in [0.3, 0.4) is 0 Å². The van der Waals surface area contributed by atoms with Gasteiger partial charge in [-0.15, -0.1) is 0 Å². The van der Waals surface area contributed by atoms with E-state index in [1.807, 2.05) is 0 Å². The van der Waals surface area contributed by atoms with Crippen LogP contribution in [0.2, 0.25) is 19.6 Å². The zero-order chi connectivity index (χ0) is 24.7. The van der Waals surface area contributed by atoms with E-state index >= 15 is 0 Å². The molecular weight excluding hydrogens is 416 g/mol. The average Bonchev–Trinajstić information content (AvgIpc) is 3.17. The number of benzene rings is 2. The molecular formula is C30H46N2Si. The third kappa shape index (κ3) is 5.09. The lowest BCUT2D eigenvalue weighted by molar-refractivity contribution is 0.801. The normalized spacial score (nSPS) is 14.9. The maximum absolute atomic E-state index is 2.68. The van der Waals surface area contributed by atoms with Gasteiger partial charge in [0.05, 0.1) is 6.67 Å². The highest BCUT2D eigenvalue weighted by Crippen LogP contribution is 2.44. The molecule has 0 bridgehead atoms. The number of rotatable bonds is 7. The third-order valence-electron chi connectivity index (χ3n) is 6.87. The molecule has 0 fully saturated rings. The molecule has 180 valence electrons. The largest absolute Gasteiger partial charge is 0.329 e. The highest BCUT2D eigenvalue weighted by Gasteiger charge is 2.36. The summed E-state index contributed by atoms with van der Waals surface area (Å²) < 4.78 is 0. The fourth-order valence-electron chi connectivity index (χ4n) is 5.08. The van der Waals surface area contributed by atoms with Crippen molar-refractivity contribution in [1.29, 1.82) is 0 Å². The Hall–Kier alpha value is -2.00. The van der Waals surface area contributed by atoms with Crippen LogP contribution in [0.4, 0.5) is 11.4 Å². The number of anilines is 2. The van der Waals surface area contributed by atoms with E-state index in [4.69, 9.17) is 0 Å². The van der Waals surface area contributed by atoms with Gasteiger partial charge in [-0.1, -0.05) is 111 Å². The van der Waals surface area contributed by atoms with Crippen LogP contribution in [-0.2, 0) is 0 Å². The van der Waals surface area contributed by atoms with E-state index in [0.717, 1.165) is 6.67 Å². The van der Waals surface area contributed by atoms with Gasteiger partial charge in [0, 0.05) is 22.9 Å². The number of para-hydroxylation sites is 2. The first-order valence-corrected chi connectivity index (χ1v) is 16.4. The highest BCUT2D eigenvalue weighted by atomic mass is 28.3. The predicted octanol–water partition coefficient (Wildman–Crippen LogP) is 9.18. The molecule has 3 rings (SSSR count). The molecule has 0 spiro atoms. The number of hydrogen-bond acceptors (Lipinski definition) is 2. The monoisotopic (exact) mass is 462 g/mol. The zero-order valence-corrected chi connectivity index (χ0v) is 24.0. The summed E-state index contributed by atoms with van der Waals surface area (Å²) in [6, 6.07) is 13.9. The molecule has 33 heavy (non-hydrogen) atoms. The Kier molecular flexibility index (Phi) is 7.53. The Morgan fingerprint density at radius 3 is 1.30 bits per heavy atom. The van der Waals surface area contributed by atoms with E-state index in [9.17, 15) is 0 Å². The Balaban J connectivity index is 2.25. The van der Waals surface area contributed by atoms with Gasteiger partial charge in [0.2, 0.25) is 0 Å². The Morgan fingerprint density at radius 2 is 0.970 bits per heavy atom. The van der Waals surface area contributed by atoms with Crippen LogP contribution >= 0.6 is 0 Å². The Bertz CT molecular complexity index is 956. The summed E-state index contributed by atoms with van der Waals surface area (Å²) in [6.45, 7) is 27.0. The molecule has 0 aliphatic carbocycles. The second-order valence-corrected chi connectivity index (χ2v) is 17.0. The number of hydrogen-bond donors (Lipinski definition) is 0. The quantitative estimate of drug-likeness (QED) is 0.378. The minimum Gasteiger partial charge on any atom is -0.329 e. The molecule has 3 heteroatoms. The van der Waals surface area contributed by atoms with E-state index in [1.54, 1.807) is 0 Å². The molecule has 0 unspecified atom stereocenters. The van der Waals surface area contributed by atoms with Crippen molar-refractivity contribution in [2.45, 2.75) is 98.7 Å². The summed E-state index contributed by atoms with van der Waals surface area (Å²) in [5.41, 5.74) is 8.72. The van der Waals surface area contributed by atoms with Gasteiger partial charge in [-0.2, -0.15) is 0 Å². The van der Waals surface area contributed by atoms with Crippen molar-refractivity contribution >= 4 is 19.4 Å². The lowest BCUT2D eigenvalue weighted by Gasteiger charge is -2.35. The van der Waals surface area contributed by atoms with Crippen LogP contribution < -0.4 is 9.80 Å². The van der Waals surface area contributed by atoms with Gasteiger partial charge < -0.3 is 9.80 Å². The smallest absolute Gasteiger partial charge is 0.100 e. The van der Waals surface area contributed by atoms with Crippen LogP contribution in [-0.4, -0.2) is 14.7 Å². The fourth-order valence-corrected chi connectivity index (χ4v) is 6.61. The maximum Gasteiger partial charge on any atom is 0.100 e. The summed E-state index contributed by atoms with van der Waals surface area (Å²) in [4.78, 5) is 5.25. The third-order valence-corrected chi connectivity index (χ3v) is 8.81. The molecule has 2 aromatic rings. The minimum atomic E-state index is -1.60. The fraction of sp³-hybridized carbons (Fsp3) is 0.533. The first-order chi connectivity index (χ1) is 15.3. The van der Waals surface area contributed by atoms with E-state index < -0.39 is 8.07 Å². The Morgan fingerprint density at radius 1 is 0.606 bits per heavy atom. The molecule has 0 atom stereocenters. The first kappa shape index (κ1) is 25.6. The van der Waals surface area contributed by atoms with Crippen LogP contribution in [0.5, 0.6) is 0 Å². The van der Waals surface area contributed by atoms with Gasteiger partial charge >= 0.3 is 0 Å². The Labute approximate surface area is 204 Å². The van der Waals surface area contributed by atoms with Gasteiger partial charge in [0.1, 0.15) is 8.07 Å². The van der Waals surface area contributed by atoms with Crippen LogP contribution in [0.1, 0.15) is 101 Å². The van der Waals surface area contributed by atoms with Crippen molar-refractivity contribution < 1.29 is 0 Å². The molecule has 1 heterocycles. The second kappa shape index (κ2) is 9.70.